The third kappa shape index (κ3) is 6.20. The van der Waals surface area contributed by atoms with Crippen molar-refractivity contribution in [1.29, 1.82) is 0 Å². The molecule has 3 rings (SSSR count). The summed E-state index contributed by atoms with van der Waals surface area (Å²) in [5.74, 6) is -2.54. The molecule has 0 radical (unpaired) electrons. The number of para-hydroxylation sites is 1. The average Bonchev–Trinajstić information content (AvgIpc) is 2.59. The van der Waals surface area contributed by atoms with Crippen LogP contribution in [0.25, 0.3) is 10.8 Å². The molecule has 31 heavy (non-hydrogen) atoms. The van der Waals surface area contributed by atoms with Crippen LogP contribution in [-0.4, -0.2) is 31.8 Å². The fraction of sp³-hybridized carbons (Fsp3) is 0. The van der Waals surface area contributed by atoms with Gasteiger partial charge >= 0.3 is 59.1 Å². The Balaban J connectivity index is 0.00000240. The second-order valence-electron chi connectivity index (χ2n) is 5.89. The molecule has 0 bridgehead atoms. The van der Waals surface area contributed by atoms with Crippen molar-refractivity contribution in [1.82, 2.24) is 0 Å². The summed E-state index contributed by atoms with van der Waals surface area (Å²) in [7, 11) is -9.60. The maximum absolute atomic E-state index is 12.4. The Morgan fingerprint density at radius 1 is 0.806 bits per heavy atom. The van der Waals surface area contributed by atoms with Gasteiger partial charge in [-0.05, 0) is 35.0 Å². The maximum Gasteiger partial charge on any atom is 1.00 e. The molecule has 0 aliphatic carbocycles. The van der Waals surface area contributed by atoms with E-state index in [1.165, 1.54) is 18.2 Å². The Morgan fingerprint density at radius 2 is 1.32 bits per heavy atom. The van der Waals surface area contributed by atoms with Crippen LogP contribution in [0.4, 0.5) is 5.69 Å². The third-order valence-electron chi connectivity index (χ3n) is 3.94. The largest absolute Gasteiger partial charge is 1.00 e. The summed E-state index contributed by atoms with van der Waals surface area (Å²) in [4.78, 5) is 10.9. The minimum absolute atomic E-state index is 0. The van der Waals surface area contributed by atoms with Gasteiger partial charge in [0, 0.05) is 11.3 Å². The van der Waals surface area contributed by atoms with Crippen LogP contribution in [0.15, 0.2) is 58.3 Å². The standard InChI is InChI=1S/C17H13NO9S2.2Na/c19-14-4-2-1-3-12(14)17(21)18-13-7-10(28(22,23)24)5-9-6-11(29(25,26)27)8-15(20)16(9)13;;/h1-8,19-20H,(H,18,21)(H,22,23,24)(H,25,26,27);;/q;2*+1/p-2. The van der Waals surface area contributed by atoms with Crippen LogP contribution in [0.5, 0.6) is 11.5 Å². The molecule has 3 aromatic rings. The van der Waals surface area contributed by atoms with Gasteiger partial charge in [-0.2, -0.15) is 16.8 Å². The van der Waals surface area contributed by atoms with Gasteiger partial charge < -0.3 is 15.5 Å². The Hall–Kier alpha value is -1.19. The molecule has 152 valence electrons. The fourth-order valence-electron chi connectivity index (χ4n) is 2.66. The van der Waals surface area contributed by atoms with Gasteiger partial charge in [-0.25, -0.2) is 0 Å². The van der Waals surface area contributed by atoms with Crippen LogP contribution in [0.1, 0.15) is 10.4 Å². The van der Waals surface area contributed by atoms with Gasteiger partial charge in [0.15, 0.2) is 0 Å². The number of carbonyl (C=O) groups is 1. The molecule has 0 aliphatic rings. The number of benzene rings is 3. The molecule has 0 aromatic heterocycles. The number of nitrogens with one attached hydrogen (secondary N) is 1. The van der Waals surface area contributed by atoms with E-state index in [1.807, 2.05) is 0 Å². The molecule has 0 aliphatic heterocycles. The topological polar surface area (TPSA) is 184 Å². The Kier molecular flexibility index (Phi) is 9.13. The number of amides is 1. The van der Waals surface area contributed by atoms with Gasteiger partial charge in [-0.1, -0.05) is 35.8 Å². The van der Waals surface area contributed by atoms with Crippen molar-refractivity contribution in [3.8, 4) is 11.5 Å². The van der Waals surface area contributed by atoms with Gasteiger partial charge in [0.1, 0.15) is 0 Å². The second kappa shape index (κ2) is 10.2. The predicted molar refractivity (Wildman–Crippen MR) is 96.9 cm³/mol. The molecule has 1 amide bonds. The molecule has 14 heteroatoms. The van der Waals surface area contributed by atoms with E-state index in [-0.39, 0.29) is 81.1 Å². The monoisotopic (exact) mass is 483 g/mol. The smallest absolute Gasteiger partial charge is 0.872 e. The Bertz CT molecular complexity index is 1370. The summed E-state index contributed by atoms with van der Waals surface area (Å²) in [5.41, 5.74) is -0.671. The molecule has 3 aromatic carbocycles. The summed E-state index contributed by atoms with van der Waals surface area (Å²) in [6, 6.07) is 8.13. The van der Waals surface area contributed by atoms with E-state index in [2.05, 4.69) is 5.32 Å². The summed E-state index contributed by atoms with van der Waals surface area (Å²) >= 11 is 0. The van der Waals surface area contributed by atoms with Crippen LogP contribution >= 0.6 is 0 Å². The summed E-state index contributed by atoms with van der Waals surface area (Å²) in [5, 5.41) is 25.9. The maximum atomic E-state index is 12.4. The second-order valence-corrected chi connectivity index (χ2v) is 8.73. The molecular formula is C17H11NNa2O9S2. The van der Waals surface area contributed by atoms with Crippen molar-refractivity contribution in [2.45, 2.75) is 9.79 Å². The summed E-state index contributed by atoms with van der Waals surface area (Å²) in [6.45, 7) is 0. The quantitative estimate of drug-likeness (QED) is 0.241. The molecule has 0 atom stereocenters. The molecular weight excluding hydrogens is 472 g/mol. The van der Waals surface area contributed by atoms with E-state index >= 15 is 0 Å². The Morgan fingerprint density at radius 3 is 1.84 bits per heavy atom. The van der Waals surface area contributed by atoms with Gasteiger partial charge in [0.25, 0.3) is 26.1 Å². The first kappa shape index (κ1) is 27.8. The van der Waals surface area contributed by atoms with Gasteiger partial charge in [-0.3, -0.25) is 13.9 Å². The van der Waals surface area contributed by atoms with Crippen LogP contribution in [0, 0.1) is 0 Å². The average molecular weight is 483 g/mol. The van der Waals surface area contributed by atoms with Crippen LogP contribution in [0.2, 0.25) is 0 Å². The van der Waals surface area contributed by atoms with E-state index in [0.717, 1.165) is 24.3 Å². The zero-order valence-electron chi connectivity index (χ0n) is 16.2. The fourth-order valence-corrected chi connectivity index (χ4v) is 3.74. The first-order chi connectivity index (χ1) is 13.4. The number of fused-ring (bicyclic) bond motifs is 1. The molecule has 0 spiro atoms. The number of anilines is 1. The van der Waals surface area contributed by atoms with E-state index in [4.69, 9.17) is 4.55 Å². The van der Waals surface area contributed by atoms with E-state index in [9.17, 15) is 36.4 Å². The molecule has 3 N–H and O–H groups in total. The third-order valence-corrected chi connectivity index (χ3v) is 5.60. The molecule has 0 fully saturated rings. The van der Waals surface area contributed by atoms with E-state index in [0.29, 0.717) is 6.07 Å². The normalized spacial score (nSPS) is 11.3. The van der Waals surface area contributed by atoms with Crippen molar-refractivity contribution < 1.29 is 100 Å². The molecule has 0 saturated heterocycles. The van der Waals surface area contributed by atoms with Crippen molar-refractivity contribution in [3.63, 3.8) is 0 Å². The predicted octanol–water partition coefficient (Wildman–Crippen LogP) is -5.26. The van der Waals surface area contributed by atoms with Gasteiger partial charge in [0.05, 0.1) is 9.79 Å². The summed E-state index contributed by atoms with van der Waals surface area (Å²) in [6.07, 6.45) is 0. The van der Waals surface area contributed by atoms with Crippen molar-refractivity contribution in [3.05, 3.63) is 54.1 Å². The minimum Gasteiger partial charge on any atom is -0.872 e. The number of hydrogen-bond donors (Lipinski definition) is 3. The number of carbonyl (C=O) groups excluding carboxylic acids is 1. The zero-order chi connectivity index (χ0) is 21.6. The summed E-state index contributed by atoms with van der Waals surface area (Å²) < 4.78 is 64.3. The van der Waals surface area contributed by atoms with Crippen molar-refractivity contribution in [2.24, 2.45) is 0 Å². The van der Waals surface area contributed by atoms with Gasteiger partial charge in [-0.15, -0.1) is 0 Å². The van der Waals surface area contributed by atoms with Gasteiger partial charge in [0.2, 0.25) is 0 Å². The first-order valence-corrected chi connectivity index (χ1v) is 10.6. The molecule has 10 nitrogen and oxygen atoms in total. The molecule has 0 heterocycles. The van der Waals surface area contributed by atoms with Crippen molar-refractivity contribution in [2.75, 3.05) is 5.32 Å². The van der Waals surface area contributed by atoms with Crippen LogP contribution in [0.3, 0.4) is 0 Å². The van der Waals surface area contributed by atoms with Crippen LogP contribution < -0.4 is 74.6 Å². The van der Waals surface area contributed by atoms with E-state index in [1.54, 1.807) is 0 Å². The molecule has 0 saturated carbocycles. The first-order valence-electron chi connectivity index (χ1n) is 7.69. The minimum atomic E-state index is -4.81. The van der Waals surface area contributed by atoms with Crippen LogP contribution in [-0.2, 0) is 20.2 Å². The number of hydrogen-bond acceptors (Lipinski definition) is 7. The van der Waals surface area contributed by atoms with Crippen molar-refractivity contribution >= 4 is 42.6 Å². The number of rotatable bonds is 4. The Labute approximate surface area is 221 Å². The molecule has 0 unspecified atom stereocenters. The zero-order valence-corrected chi connectivity index (χ0v) is 21.8. The SMILES string of the molecule is O=C(Nc1cc(S(=O)(=O)O)cc2cc(S(=O)(=O)O)cc([O-])c12)c1ccccc1[O-].[Na+].[Na+]. The van der Waals surface area contributed by atoms with E-state index < -0.39 is 47.4 Å².